The number of benzene rings is 9. The molecule has 3 nitrogen and oxygen atoms in total. The van der Waals surface area contributed by atoms with Crippen molar-refractivity contribution in [3.63, 3.8) is 0 Å². The van der Waals surface area contributed by atoms with Crippen LogP contribution in [0.25, 0.3) is 88.0 Å². The fourth-order valence-corrected chi connectivity index (χ4v) is 8.19. The third-order valence-corrected chi connectivity index (χ3v) is 10.9. The van der Waals surface area contributed by atoms with Gasteiger partial charge in [0.2, 0.25) is 0 Å². The standard InChI is InChI=1S/C52H33NO2/c1-2-14-42-36(10-1)11-8-17-43(42)39-13-7-12-37(32-39)34-22-27-40(28-23-34)53(48-19-9-18-46-44-15-3-6-21-50(44)55-52(46)48)41-29-24-35(25-30-41)38-26-31-51-47(33-38)45-16-4-5-20-49(45)54-51/h1-33H. The van der Waals surface area contributed by atoms with Crippen LogP contribution in [0.2, 0.25) is 0 Å². The Morgan fingerprint density at radius 2 is 0.836 bits per heavy atom. The summed E-state index contributed by atoms with van der Waals surface area (Å²) in [6.45, 7) is 0. The monoisotopic (exact) mass is 703 g/mol. The molecule has 258 valence electrons. The second-order valence-corrected chi connectivity index (χ2v) is 14.1. The number of anilines is 3. The van der Waals surface area contributed by atoms with E-state index in [-0.39, 0.29) is 0 Å². The molecule has 11 aromatic rings. The molecular formula is C52H33NO2. The molecular weight excluding hydrogens is 671 g/mol. The minimum Gasteiger partial charge on any atom is -0.456 e. The highest BCUT2D eigenvalue weighted by molar-refractivity contribution is 6.10. The van der Waals surface area contributed by atoms with E-state index in [0.717, 1.165) is 77.6 Å². The number of para-hydroxylation sites is 3. The highest BCUT2D eigenvalue weighted by Gasteiger charge is 2.20. The van der Waals surface area contributed by atoms with E-state index >= 15 is 0 Å². The minimum atomic E-state index is 0.858. The molecule has 0 spiro atoms. The Balaban J connectivity index is 1.00. The summed E-state index contributed by atoms with van der Waals surface area (Å²) < 4.78 is 12.7. The average Bonchev–Trinajstić information content (AvgIpc) is 3.83. The van der Waals surface area contributed by atoms with Gasteiger partial charge in [-0.1, -0.05) is 140 Å². The average molecular weight is 704 g/mol. The Bertz CT molecular complexity index is 3200. The van der Waals surface area contributed by atoms with Gasteiger partial charge in [-0.2, -0.15) is 0 Å². The molecule has 0 N–H and O–H groups in total. The summed E-state index contributed by atoms with van der Waals surface area (Å²) in [5, 5.41) is 6.96. The first kappa shape index (κ1) is 31.2. The van der Waals surface area contributed by atoms with E-state index in [9.17, 15) is 0 Å². The van der Waals surface area contributed by atoms with Crippen LogP contribution in [0.15, 0.2) is 209 Å². The molecule has 0 radical (unpaired) electrons. The van der Waals surface area contributed by atoms with Crippen LogP contribution in [0, 0.1) is 0 Å². The zero-order chi connectivity index (χ0) is 36.3. The molecule has 0 saturated heterocycles. The van der Waals surface area contributed by atoms with Crippen molar-refractivity contribution in [1.29, 1.82) is 0 Å². The molecule has 2 heterocycles. The van der Waals surface area contributed by atoms with Crippen LogP contribution < -0.4 is 4.90 Å². The fraction of sp³-hybridized carbons (Fsp3) is 0. The van der Waals surface area contributed by atoms with Crippen molar-refractivity contribution in [1.82, 2.24) is 0 Å². The van der Waals surface area contributed by atoms with Crippen molar-refractivity contribution >= 4 is 71.7 Å². The summed E-state index contributed by atoms with van der Waals surface area (Å²) in [5.74, 6) is 0. The molecule has 0 aliphatic rings. The lowest BCUT2D eigenvalue weighted by Crippen LogP contribution is -2.10. The van der Waals surface area contributed by atoms with Gasteiger partial charge < -0.3 is 13.7 Å². The predicted molar refractivity (Wildman–Crippen MR) is 229 cm³/mol. The zero-order valence-corrected chi connectivity index (χ0v) is 29.8. The molecule has 0 bridgehead atoms. The van der Waals surface area contributed by atoms with E-state index in [2.05, 4.69) is 181 Å². The Morgan fingerprint density at radius 1 is 0.309 bits per heavy atom. The number of rotatable bonds is 6. The Labute approximate surface area is 317 Å². The van der Waals surface area contributed by atoms with E-state index in [4.69, 9.17) is 8.83 Å². The zero-order valence-electron chi connectivity index (χ0n) is 29.8. The maximum Gasteiger partial charge on any atom is 0.159 e. The minimum absolute atomic E-state index is 0.858. The van der Waals surface area contributed by atoms with Crippen LogP contribution in [0.5, 0.6) is 0 Å². The quantitative estimate of drug-likeness (QED) is 0.173. The lowest BCUT2D eigenvalue weighted by Gasteiger charge is -2.26. The van der Waals surface area contributed by atoms with Gasteiger partial charge in [0.25, 0.3) is 0 Å². The van der Waals surface area contributed by atoms with E-state index in [1.165, 1.54) is 27.5 Å². The van der Waals surface area contributed by atoms with Crippen LogP contribution in [0.3, 0.4) is 0 Å². The summed E-state index contributed by atoms with van der Waals surface area (Å²) in [6, 6.07) is 71.0. The lowest BCUT2D eigenvalue weighted by atomic mass is 9.95. The molecule has 0 unspecified atom stereocenters. The number of hydrogen-bond donors (Lipinski definition) is 0. The van der Waals surface area contributed by atoms with Gasteiger partial charge in [-0.15, -0.1) is 0 Å². The molecule has 55 heavy (non-hydrogen) atoms. The van der Waals surface area contributed by atoms with Crippen molar-refractivity contribution in [2.24, 2.45) is 0 Å². The Hall–Kier alpha value is -7.36. The highest BCUT2D eigenvalue weighted by Crippen LogP contribution is 2.43. The number of fused-ring (bicyclic) bond motifs is 7. The predicted octanol–water partition coefficient (Wildman–Crippen LogP) is 15.1. The van der Waals surface area contributed by atoms with Crippen molar-refractivity contribution in [2.75, 3.05) is 4.90 Å². The van der Waals surface area contributed by atoms with E-state index in [0.29, 0.717) is 0 Å². The van der Waals surface area contributed by atoms with Gasteiger partial charge >= 0.3 is 0 Å². The first-order valence-electron chi connectivity index (χ1n) is 18.7. The van der Waals surface area contributed by atoms with Gasteiger partial charge in [-0.25, -0.2) is 0 Å². The smallest absolute Gasteiger partial charge is 0.159 e. The third kappa shape index (κ3) is 5.28. The van der Waals surface area contributed by atoms with Gasteiger partial charge in [0.1, 0.15) is 16.7 Å². The van der Waals surface area contributed by atoms with Crippen molar-refractivity contribution in [3.8, 4) is 33.4 Å². The van der Waals surface area contributed by atoms with Crippen LogP contribution in [0.4, 0.5) is 17.1 Å². The van der Waals surface area contributed by atoms with Gasteiger partial charge in [-0.3, -0.25) is 0 Å². The van der Waals surface area contributed by atoms with Crippen LogP contribution in [-0.4, -0.2) is 0 Å². The number of hydrogen-bond acceptors (Lipinski definition) is 3. The van der Waals surface area contributed by atoms with Crippen molar-refractivity contribution in [3.05, 3.63) is 200 Å². The van der Waals surface area contributed by atoms with Crippen LogP contribution in [0.1, 0.15) is 0 Å². The van der Waals surface area contributed by atoms with Crippen LogP contribution >= 0.6 is 0 Å². The molecule has 0 amide bonds. The summed E-state index contributed by atoms with van der Waals surface area (Å²) in [6.07, 6.45) is 0. The van der Waals surface area contributed by atoms with Crippen molar-refractivity contribution in [2.45, 2.75) is 0 Å². The lowest BCUT2D eigenvalue weighted by molar-refractivity contribution is 0.668. The second kappa shape index (κ2) is 12.6. The molecule has 0 saturated carbocycles. The highest BCUT2D eigenvalue weighted by atomic mass is 16.3. The van der Waals surface area contributed by atoms with Gasteiger partial charge in [0, 0.05) is 32.9 Å². The Kier molecular flexibility index (Phi) is 7.17. The summed E-state index contributed by atoms with van der Waals surface area (Å²) in [7, 11) is 0. The molecule has 0 aliphatic heterocycles. The van der Waals surface area contributed by atoms with Crippen LogP contribution in [-0.2, 0) is 0 Å². The van der Waals surface area contributed by atoms with E-state index in [1.54, 1.807) is 0 Å². The first-order chi connectivity index (χ1) is 27.2. The third-order valence-electron chi connectivity index (χ3n) is 10.9. The number of furan rings is 2. The molecule has 0 fully saturated rings. The number of nitrogens with zero attached hydrogens (tertiary/aromatic N) is 1. The summed E-state index contributed by atoms with van der Waals surface area (Å²) >= 11 is 0. The molecule has 9 aromatic carbocycles. The van der Waals surface area contributed by atoms with Gasteiger partial charge in [-0.05, 0) is 105 Å². The fourth-order valence-electron chi connectivity index (χ4n) is 8.19. The van der Waals surface area contributed by atoms with E-state index in [1.807, 2.05) is 24.3 Å². The van der Waals surface area contributed by atoms with Gasteiger partial charge in [0.15, 0.2) is 5.58 Å². The SMILES string of the molecule is c1cc(-c2ccc(N(c3ccc(-c4ccc5oc6ccccc6c5c4)cc3)c3cccc4c3oc3ccccc34)cc2)cc(-c2cccc3ccccc23)c1. The maximum absolute atomic E-state index is 6.60. The molecule has 0 aliphatic carbocycles. The molecule has 11 rings (SSSR count). The Morgan fingerprint density at radius 3 is 1.60 bits per heavy atom. The summed E-state index contributed by atoms with van der Waals surface area (Å²) in [5.41, 5.74) is 13.7. The first-order valence-corrected chi connectivity index (χ1v) is 18.7. The largest absolute Gasteiger partial charge is 0.456 e. The second-order valence-electron chi connectivity index (χ2n) is 14.1. The summed E-state index contributed by atoms with van der Waals surface area (Å²) in [4.78, 5) is 2.30. The molecule has 2 aromatic heterocycles. The van der Waals surface area contributed by atoms with E-state index < -0.39 is 0 Å². The topological polar surface area (TPSA) is 29.5 Å². The molecule has 0 atom stereocenters. The maximum atomic E-state index is 6.60. The molecule has 3 heteroatoms. The van der Waals surface area contributed by atoms with Crippen molar-refractivity contribution < 1.29 is 8.83 Å². The normalized spacial score (nSPS) is 11.6. The van der Waals surface area contributed by atoms with Gasteiger partial charge in [0.05, 0.1) is 5.69 Å².